The Morgan fingerprint density at radius 2 is 1.82 bits per heavy atom. The number of anilines is 1. The van der Waals surface area contributed by atoms with E-state index in [1.165, 1.54) is 11.8 Å². The van der Waals surface area contributed by atoms with E-state index in [1.54, 1.807) is 32.9 Å². The summed E-state index contributed by atoms with van der Waals surface area (Å²) in [6.45, 7) is 3.94. The van der Waals surface area contributed by atoms with Gasteiger partial charge in [-0.3, -0.25) is 9.59 Å². The fraction of sp³-hybridized carbons (Fsp3) is 0.300. The Hall–Kier alpha value is -4.02. The van der Waals surface area contributed by atoms with E-state index >= 15 is 0 Å². The van der Waals surface area contributed by atoms with Gasteiger partial charge in [0, 0.05) is 24.2 Å². The predicted molar refractivity (Wildman–Crippen MR) is 158 cm³/mol. The molecular formula is C30H35N5O4S. The quantitative estimate of drug-likeness (QED) is 0.333. The van der Waals surface area contributed by atoms with Gasteiger partial charge >= 0.3 is 6.03 Å². The lowest BCUT2D eigenvalue weighted by Crippen LogP contribution is -2.56. The molecule has 4 rings (SSSR count). The molecule has 1 heterocycles. The number of hydrogen-bond acceptors (Lipinski definition) is 6. The lowest BCUT2D eigenvalue weighted by molar-refractivity contribution is -0.129. The second-order valence-electron chi connectivity index (χ2n) is 10.1. The summed E-state index contributed by atoms with van der Waals surface area (Å²) >= 11 is 1.49. The minimum atomic E-state index is -1.11. The fourth-order valence-electron chi connectivity index (χ4n) is 4.31. The van der Waals surface area contributed by atoms with Crippen molar-refractivity contribution >= 4 is 35.3 Å². The SMILES string of the molecule is CNC(=O)NCc1ccccc1-c1ccc(CN2C(=O)[C@H](NC(=O)C(C)(C)N)CSc3cc(OC)ccc32)cc1. The Kier molecular flexibility index (Phi) is 9.01. The smallest absolute Gasteiger partial charge is 0.314 e. The van der Waals surface area contributed by atoms with E-state index in [1.807, 2.05) is 66.7 Å². The maximum atomic E-state index is 13.8. The van der Waals surface area contributed by atoms with Crippen LogP contribution in [0.5, 0.6) is 5.75 Å². The molecule has 0 aromatic heterocycles. The van der Waals surface area contributed by atoms with Crippen molar-refractivity contribution in [2.24, 2.45) is 5.73 Å². The third-order valence-corrected chi connectivity index (χ3v) is 7.75. The summed E-state index contributed by atoms with van der Waals surface area (Å²) in [6.07, 6.45) is 0. The van der Waals surface area contributed by atoms with Crippen LogP contribution in [-0.2, 0) is 22.7 Å². The zero-order valence-electron chi connectivity index (χ0n) is 23.1. The average Bonchev–Trinajstić information content (AvgIpc) is 3.07. The Bertz CT molecular complexity index is 1390. The molecule has 210 valence electrons. The molecule has 0 unspecified atom stereocenters. The molecule has 1 aliphatic rings. The standard InChI is InChI=1S/C30H35N5O4S/c1-30(2,31)28(37)34-24-18-40-26-15-22(39-4)13-14-25(26)35(27(24)36)17-19-9-11-20(12-10-19)23-8-6-5-7-21(23)16-33-29(38)32-3/h5-15,24H,16-18,31H2,1-4H3,(H,34,37)(H2,32,33,38)/t24-/m1/s1. The van der Waals surface area contributed by atoms with Gasteiger partial charge < -0.3 is 31.3 Å². The first kappa shape index (κ1) is 29.0. The molecule has 1 aliphatic heterocycles. The van der Waals surface area contributed by atoms with E-state index in [0.717, 1.165) is 32.8 Å². The van der Waals surface area contributed by atoms with Gasteiger partial charge in [0.2, 0.25) is 5.91 Å². The molecule has 0 spiro atoms. The number of carbonyl (C=O) groups is 3. The molecule has 0 saturated carbocycles. The summed E-state index contributed by atoms with van der Waals surface area (Å²) < 4.78 is 5.41. The fourth-order valence-corrected chi connectivity index (χ4v) is 5.41. The zero-order valence-corrected chi connectivity index (χ0v) is 23.9. The number of benzene rings is 3. The van der Waals surface area contributed by atoms with E-state index in [-0.39, 0.29) is 17.8 Å². The molecule has 4 amide bonds. The third-order valence-electron chi connectivity index (χ3n) is 6.61. The number of ether oxygens (including phenoxy) is 1. The molecule has 0 bridgehead atoms. The summed E-state index contributed by atoms with van der Waals surface area (Å²) in [7, 11) is 3.18. The molecule has 40 heavy (non-hydrogen) atoms. The number of nitrogens with one attached hydrogen (secondary N) is 3. The predicted octanol–water partition coefficient (Wildman–Crippen LogP) is 3.65. The topological polar surface area (TPSA) is 126 Å². The number of rotatable bonds is 8. The van der Waals surface area contributed by atoms with Crippen LogP contribution in [0.2, 0.25) is 0 Å². The highest BCUT2D eigenvalue weighted by Gasteiger charge is 2.34. The first-order valence-electron chi connectivity index (χ1n) is 13.0. The number of fused-ring (bicyclic) bond motifs is 1. The molecule has 0 aliphatic carbocycles. The molecule has 1 atom stereocenters. The summed E-state index contributed by atoms with van der Waals surface area (Å²) in [5.41, 5.74) is 9.56. The summed E-state index contributed by atoms with van der Waals surface area (Å²) in [5.74, 6) is 0.475. The highest BCUT2D eigenvalue weighted by atomic mass is 32.2. The minimum absolute atomic E-state index is 0.205. The molecule has 5 N–H and O–H groups in total. The van der Waals surface area contributed by atoms with Gasteiger partial charge in [0.1, 0.15) is 11.8 Å². The van der Waals surface area contributed by atoms with E-state index in [4.69, 9.17) is 10.5 Å². The van der Waals surface area contributed by atoms with Crippen LogP contribution in [0.4, 0.5) is 10.5 Å². The first-order chi connectivity index (χ1) is 19.1. The number of nitrogens with two attached hydrogens (primary N) is 1. The maximum absolute atomic E-state index is 13.8. The van der Waals surface area contributed by atoms with Crippen molar-refractivity contribution in [1.29, 1.82) is 0 Å². The van der Waals surface area contributed by atoms with E-state index in [0.29, 0.717) is 24.6 Å². The summed E-state index contributed by atoms with van der Waals surface area (Å²) in [4.78, 5) is 40.7. The van der Waals surface area contributed by atoms with Gasteiger partial charge in [-0.15, -0.1) is 11.8 Å². The van der Waals surface area contributed by atoms with Gasteiger partial charge in [-0.1, -0.05) is 48.5 Å². The van der Waals surface area contributed by atoms with Crippen LogP contribution in [0.3, 0.4) is 0 Å². The molecule has 10 heteroatoms. The lowest BCUT2D eigenvalue weighted by Gasteiger charge is -2.28. The second-order valence-corrected chi connectivity index (χ2v) is 11.2. The number of hydrogen-bond donors (Lipinski definition) is 4. The molecule has 9 nitrogen and oxygen atoms in total. The van der Waals surface area contributed by atoms with Gasteiger partial charge in [-0.25, -0.2) is 4.79 Å². The van der Waals surface area contributed by atoms with Crippen molar-refractivity contribution in [3.05, 3.63) is 77.9 Å². The highest BCUT2D eigenvalue weighted by Crippen LogP contribution is 2.38. The van der Waals surface area contributed by atoms with Crippen molar-refractivity contribution in [3.8, 4) is 16.9 Å². The number of thioether (sulfide) groups is 1. The average molecular weight is 562 g/mol. The van der Waals surface area contributed by atoms with Crippen molar-refractivity contribution in [1.82, 2.24) is 16.0 Å². The molecule has 0 radical (unpaired) electrons. The van der Waals surface area contributed by atoms with Crippen LogP contribution in [0.1, 0.15) is 25.0 Å². The Labute approximate surface area is 238 Å². The van der Waals surface area contributed by atoms with Crippen molar-refractivity contribution in [2.45, 2.75) is 43.4 Å². The Balaban J connectivity index is 1.61. The number of amides is 4. The molecule has 0 fully saturated rings. The van der Waals surface area contributed by atoms with Gasteiger partial charge in [0.25, 0.3) is 5.91 Å². The molecule has 3 aromatic rings. The highest BCUT2D eigenvalue weighted by molar-refractivity contribution is 7.99. The van der Waals surface area contributed by atoms with Gasteiger partial charge in [-0.2, -0.15) is 0 Å². The molecule has 0 saturated heterocycles. The molecule has 3 aromatic carbocycles. The van der Waals surface area contributed by atoms with Crippen LogP contribution in [-0.4, -0.2) is 49.3 Å². The van der Waals surface area contributed by atoms with Gasteiger partial charge in [0.15, 0.2) is 0 Å². The minimum Gasteiger partial charge on any atom is -0.497 e. The third kappa shape index (κ3) is 6.75. The van der Waals surface area contributed by atoms with Crippen molar-refractivity contribution in [2.75, 3.05) is 24.8 Å². The van der Waals surface area contributed by atoms with Gasteiger partial charge in [0.05, 0.1) is 24.9 Å². The molecular weight excluding hydrogens is 526 g/mol. The number of methoxy groups -OCH3 is 1. The van der Waals surface area contributed by atoms with Crippen molar-refractivity contribution in [3.63, 3.8) is 0 Å². The van der Waals surface area contributed by atoms with Crippen LogP contribution in [0.25, 0.3) is 11.1 Å². The second kappa shape index (κ2) is 12.4. The van der Waals surface area contributed by atoms with Crippen LogP contribution < -0.4 is 31.3 Å². The zero-order chi connectivity index (χ0) is 28.9. The first-order valence-corrected chi connectivity index (χ1v) is 13.9. The Morgan fingerprint density at radius 3 is 2.50 bits per heavy atom. The Morgan fingerprint density at radius 1 is 1.10 bits per heavy atom. The van der Waals surface area contributed by atoms with Crippen molar-refractivity contribution < 1.29 is 19.1 Å². The monoisotopic (exact) mass is 561 g/mol. The lowest BCUT2D eigenvalue weighted by atomic mass is 9.98. The van der Waals surface area contributed by atoms with Crippen LogP contribution in [0, 0.1) is 0 Å². The normalized spacial score (nSPS) is 15.1. The maximum Gasteiger partial charge on any atom is 0.314 e. The van der Waals surface area contributed by atoms with Gasteiger partial charge in [-0.05, 0) is 54.3 Å². The number of carbonyl (C=O) groups excluding carboxylic acids is 3. The van der Waals surface area contributed by atoms with Crippen LogP contribution >= 0.6 is 11.8 Å². The largest absolute Gasteiger partial charge is 0.497 e. The van der Waals surface area contributed by atoms with E-state index in [2.05, 4.69) is 16.0 Å². The summed E-state index contributed by atoms with van der Waals surface area (Å²) in [5, 5.41) is 8.25. The van der Waals surface area contributed by atoms with E-state index < -0.39 is 11.6 Å². The number of urea groups is 1. The number of nitrogens with zero attached hydrogens (tertiary/aromatic N) is 1. The summed E-state index contributed by atoms with van der Waals surface area (Å²) in [6, 6.07) is 20.5. The van der Waals surface area contributed by atoms with Crippen LogP contribution in [0.15, 0.2) is 71.6 Å². The van der Waals surface area contributed by atoms with E-state index in [9.17, 15) is 14.4 Å².